The number of anilines is 2. The Hall–Kier alpha value is -3.94. The summed E-state index contributed by atoms with van der Waals surface area (Å²) < 4.78 is 5.28. The Morgan fingerprint density at radius 2 is 1.53 bits per heavy atom. The van der Waals surface area contributed by atoms with E-state index < -0.39 is 11.7 Å². The lowest BCUT2D eigenvalue weighted by molar-refractivity contribution is 0.0635. The van der Waals surface area contributed by atoms with Gasteiger partial charge in [0.2, 0.25) is 0 Å². The minimum Gasteiger partial charge on any atom is -0.444 e. The quantitative estimate of drug-likeness (QED) is 0.517. The molecule has 3 amide bonds. The smallest absolute Gasteiger partial charge is 0.412 e. The van der Waals surface area contributed by atoms with Crippen LogP contribution in [-0.2, 0) is 4.74 Å². The minimum atomic E-state index is -0.607. The molecule has 2 N–H and O–H groups in total. The van der Waals surface area contributed by atoms with Crippen molar-refractivity contribution in [3.05, 3.63) is 65.9 Å². The molecule has 1 aromatic heterocycles. The zero-order valence-electron chi connectivity index (χ0n) is 20.1. The van der Waals surface area contributed by atoms with E-state index in [4.69, 9.17) is 4.74 Å². The fourth-order valence-corrected chi connectivity index (χ4v) is 3.35. The van der Waals surface area contributed by atoms with Crippen LogP contribution in [-0.4, -0.2) is 46.5 Å². The summed E-state index contributed by atoms with van der Waals surface area (Å²) in [6.45, 7) is 10.5. The van der Waals surface area contributed by atoms with E-state index >= 15 is 0 Å². The van der Waals surface area contributed by atoms with Crippen molar-refractivity contribution >= 4 is 40.2 Å². The number of aromatic nitrogens is 1. The third-order valence-corrected chi connectivity index (χ3v) is 5.03. The molecule has 2 aromatic carbocycles. The van der Waals surface area contributed by atoms with Crippen molar-refractivity contribution in [2.24, 2.45) is 0 Å². The van der Waals surface area contributed by atoms with Crippen LogP contribution in [0, 0.1) is 0 Å². The van der Waals surface area contributed by atoms with Gasteiger partial charge >= 0.3 is 6.09 Å². The molecule has 3 rings (SSSR count). The predicted octanol–water partition coefficient (Wildman–Crippen LogP) is 5.32. The van der Waals surface area contributed by atoms with E-state index in [9.17, 15) is 14.4 Å². The highest BCUT2D eigenvalue weighted by molar-refractivity contribution is 6.06. The molecular weight excluding hydrogens is 432 g/mol. The fourth-order valence-electron chi connectivity index (χ4n) is 3.35. The lowest BCUT2D eigenvalue weighted by Crippen LogP contribution is -2.30. The number of nitrogens with one attached hydrogen (secondary N) is 2. The molecule has 0 aliphatic heterocycles. The van der Waals surface area contributed by atoms with Crippen molar-refractivity contribution in [1.29, 1.82) is 0 Å². The highest BCUT2D eigenvalue weighted by atomic mass is 16.6. The van der Waals surface area contributed by atoms with Gasteiger partial charge in [-0.1, -0.05) is 0 Å². The maximum Gasteiger partial charge on any atom is 0.412 e. The van der Waals surface area contributed by atoms with Gasteiger partial charge in [0.05, 0.1) is 11.1 Å². The van der Waals surface area contributed by atoms with Gasteiger partial charge in [0.25, 0.3) is 11.8 Å². The topological polar surface area (TPSA) is 101 Å². The summed E-state index contributed by atoms with van der Waals surface area (Å²) in [6, 6.07) is 13.7. The number of hydrogen-bond acceptors (Lipinski definition) is 5. The van der Waals surface area contributed by atoms with Gasteiger partial charge in [0.15, 0.2) is 0 Å². The van der Waals surface area contributed by atoms with Gasteiger partial charge in [-0.2, -0.15) is 0 Å². The van der Waals surface area contributed by atoms with E-state index in [1.54, 1.807) is 74.2 Å². The zero-order chi connectivity index (χ0) is 24.9. The standard InChI is InChI=1S/C26H30N4O4/c1-6-30(7-2)24(32)17-8-10-20(11-9-17)28-23(31)19-14-18-15-21(12-13-22(18)27-16-19)29-25(33)34-26(3,4)5/h8-16H,6-7H2,1-5H3,(H,28,31)(H,29,33). The van der Waals surface area contributed by atoms with Crippen LogP contribution in [0.25, 0.3) is 10.9 Å². The summed E-state index contributed by atoms with van der Waals surface area (Å²) in [5.41, 5.74) is 2.12. The second-order valence-corrected chi connectivity index (χ2v) is 8.77. The SMILES string of the molecule is CCN(CC)C(=O)c1ccc(NC(=O)c2cnc3ccc(NC(=O)OC(C)(C)C)cc3c2)cc1. The van der Waals surface area contributed by atoms with E-state index in [0.717, 1.165) is 0 Å². The molecule has 0 bridgehead atoms. The van der Waals surface area contributed by atoms with Gasteiger partial charge in [-0.05, 0) is 83.1 Å². The Bertz CT molecular complexity index is 1200. The number of ether oxygens (including phenoxy) is 1. The number of carbonyl (C=O) groups excluding carboxylic acids is 3. The van der Waals surface area contributed by atoms with Crippen LogP contribution < -0.4 is 10.6 Å². The number of carbonyl (C=O) groups is 3. The molecule has 0 aliphatic carbocycles. The Balaban J connectivity index is 1.72. The summed E-state index contributed by atoms with van der Waals surface area (Å²) in [5, 5.41) is 6.21. The second kappa shape index (κ2) is 10.3. The van der Waals surface area contributed by atoms with Crippen molar-refractivity contribution in [2.75, 3.05) is 23.7 Å². The molecule has 0 spiro atoms. The van der Waals surface area contributed by atoms with E-state index in [2.05, 4.69) is 15.6 Å². The first-order valence-electron chi connectivity index (χ1n) is 11.2. The van der Waals surface area contributed by atoms with Gasteiger partial charge in [0.1, 0.15) is 5.60 Å². The molecule has 0 fully saturated rings. The average molecular weight is 463 g/mol. The summed E-state index contributed by atoms with van der Waals surface area (Å²) in [7, 11) is 0. The van der Waals surface area contributed by atoms with E-state index in [-0.39, 0.29) is 11.8 Å². The fraction of sp³-hybridized carbons (Fsp3) is 0.308. The van der Waals surface area contributed by atoms with Crippen LogP contribution in [0.3, 0.4) is 0 Å². The second-order valence-electron chi connectivity index (χ2n) is 8.77. The van der Waals surface area contributed by atoms with E-state index in [1.807, 2.05) is 13.8 Å². The summed E-state index contributed by atoms with van der Waals surface area (Å²) >= 11 is 0. The summed E-state index contributed by atoms with van der Waals surface area (Å²) in [4.78, 5) is 43.3. The largest absolute Gasteiger partial charge is 0.444 e. The zero-order valence-corrected chi connectivity index (χ0v) is 20.1. The van der Waals surface area contributed by atoms with Gasteiger partial charge in [-0.3, -0.25) is 19.9 Å². The molecule has 178 valence electrons. The van der Waals surface area contributed by atoms with Crippen LogP contribution >= 0.6 is 0 Å². The molecule has 34 heavy (non-hydrogen) atoms. The first-order chi connectivity index (χ1) is 16.1. The number of rotatable bonds is 6. The average Bonchev–Trinajstić information content (AvgIpc) is 2.78. The van der Waals surface area contributed by atoms with Crippen LogP contribution in [0.4, 0.5) is 16.2 Å². The molecule has 8 heteroatoms. The molecule has 0 unspecified atom stereocenters. The van der Waals surface area contributed by atoms with Gasteiger partial charge in [-0.15, -0.1) is 0 Å². The number of hydrogen-bond donors (Lipinski definition) is 2. The highest BCUT2D eigenvalue weighted by Crippen LogP contribution is 2.21. The lowest BCUT2D eigenvalue weighted by Gasteiger charge is -2.19. The van der Waals surface area contributed by atoms with Gasteiger partial charge < -0.3 is 15.0 Å². The highest BCUT2D eigenvalue weighted by Gasteiger charge is 2.17. The molecule has 3 aromatic rings. The van der Waals surface area contributed by atoms with Crippen LogP contribution in [0.5, 0.6) is 0 Å². The van der Waals surface area contributed by atoms with Gasteiger partial charge in [0, 0.05) is 41.6 Å². The van der Waals surface area contributed by atoms with Crippen molar-refractivity contribution in [3.63, 3.8) is 0 Å². The molecule has 8 nitrogen and oxygen atoms in total. The number of pyridine rings is 1. The van der Waals surface area contributed by atoms with E-state index in [1.165, 1.54) is 6.20 Å². The van der Waals surface area contributed by atoms with Crippen molar-refractivity contribution < 1.29 is 19.1 Å². The van der Waals surface area contributed by atoms with Crippen LogP contribution in [0.1, 0.15) is 55.3 Å². The third-order valence-electron chi connectivity index (χ3n) is 5.03. The maximum atomic E-state index is 12.8. The molecule has 0 radical (unpaired) electrons. The lowest BCUT2D eigenvalue weighted by atomic mass is 10.1. The Morgan fingerprint density at radius 3 is 2.15 bits per heavy atom. The first-order valence-corrected chi connectivity index (χ1v) is 11.2. The molecular formula is C26H30N4O4. The Kier molecular flexibility index (Phi) is 7.50. The van der Waals surface area contributed by atoms with E-state index in [0.29, 0.717) is 46.5 Å². The Labute approximate surface area is 199 Å². The summed E-state index contributed by atoms with van der Waals surface area (Å²) in [6.07, 6.45) is 0.938. The van der Waals surface area contributed by atoms with Crippen molar-refractivity contribution in [2.45, 2.75) is 40.2 Å². The molecule has 0 aliphatic rings. The predicted molar refractivity (Wildman–Crippen MR) is 133 cm³/mol. The van der Waals surface area contributed by atoms with Crippen molar-refractivity contribution in [3.8, 4) is 0 Å². The maximum absolute atomic E-state index is 12.8. The van der Waals surface area contributed by atoms with Crippen LogP contribution in [0.15, 0.2) is 54.7 Å². The minimum absolute atomic E-state index is 0.0441. The Morgan fingerprint density at radius 1 is 0.882 bits per heavy atom. The number of amides is 3. The first kappa shape index (κ1) is 24.7. The monoisotopic (exact) mass is 462 g/mol. The summed E-state index contributed by atoms with van der Waals surface area (Å²) in [5.74, 6) is -0.375. The molecule has 0 atom stereocenters. The third kappa shape index (κ3) is 6.31. The number of benzene rings is 2. The number of nitrogens with zero attached hydrogens (tertiary/aromatic N) is 2. The number of fused-ring (bicyclic) bond motifs is 1. The molecule has 1 heterocycles. The van der Waals surface area contributed by atoms with Gasteiger partial charge in [-0.25, -0.2) is 4.79 Å². The van der Waals surface area contributed by atoms with Crippen LogP contribution in [0.2, 0.25) is 0 Å². The molecule has 0 saturated heterocycles. The van der Waals surface area contributed by atoms with Crippen molar-refractivity contribution in [1.82, 2.24) is 9.88 Å². The molecule has 0 saturated carbocycles. The normalized spacial score (nSPS) is 11.1.